The van der Waals surface area contributed by atoms with Crippen molar-refractivity contribution in [2.24, 2.45) is 5.73 Å². The van der Waals surface area contributed by atoms with E-state index >= 15 is 0 Å². The first-order valence-corrected chi connectivity index (χ1v) is 6.04. The summed E-state index contributed by atoms with van der Waals surface area (Å²) in [6, 6.07) is 4.38. The first kappa shape index (κ1) is 12.2. The molecule has 1 unspecified atom stereocenters. The molecule has 17 heavy (non-hydrogen) atoms. The number of hydrogen-bond acceptors (Lipinski definition) is 3. The van der Waals surface area contributed by atoms with Crippen molar-refractivity contribution in [3.63, 3.8) is 0 Å². The van der Waals surface area contributed by atoms with E-state index in [2.05, 4.69) is 19.1 Å². The van der Waals surface area contributed by atoms with Crippen molar-refractivity contribution < 1.29 is 9.47 Å². The summed E-state index contributed by atoms with van der Waals surface area (Å²) in [6.45, 7) is 4.08. The van der Waals surface area contributed by atoms with Crippen molar-refractivity contribution in [1.82, 2.24) is 0 Å². The Hall–Kier alpha value is -1.22. The zero-order valence-corrected chi connectivity index (χ0v) is 11.0. The van der Waals surface area contributed by atoms with Crippen LogP contribution in [0, 0.1) is 6.92 Å². The standard InChI is InChI=1S/C14H21NO2/c1-9-12(16-3)7-11(8-13(9)17-4)14(5-6-14)10(2)15/h7-8,10H,5-6,15H2,1-4H3. The quantitative estimate of drug-likeness (QED) is 0.871. The highest BCUT2D eigenvalue weighted by Gasteiger charge is 2.47. The number of ether oxygens (including phenoxy) is 2. The molecule has 0 spiro atoms. The maximum atomic E-state index is 6.10. The van der Waals surface area contributed by atoms with Gasteiger partial charge in [0.05, 0.1) is 14.2 Å². The molecule has 1 fully saturated rings. The molecule has 0 amide bonds. The van der Waals surface area contributed by atoms with Crippen molar-refractivity contribution >= 4 is 0 Å². The van der Waals surface area contributed by atoms with Crippen LogP contribution in [0.25, 0.3) is 0 Å². The molecule has 0 aliphatic heterocycles. The van der Waals surface area contributed by atoms with Gasteiger partial charge in [-0.2, -0.15) is 0 Å². The second-order valence-electron chi connectivity index (χ2n) is 4.95. The molecule has 94 valence electrons. The molecule has 0 saturated heterocycles. The molecule has 2 rings (SSSR count). The fraction of sp³-hybridized carbons (Fsp3) is 0.571. The van der Waals surface area contributed by atoms with Crippen LogP contribution in [0.1, 0.15) is 30.9 Å². The zero-order chi connectivity index (χ0) is 12.6. The van der Waals surface area contributed by atoms with Crippen molar-refractivity contribution in [3.8, 4) is 11.5 Å². The normalized spacial score (nSPS) is 18.6. The maximum Gasteiger partial charge on any atom is 0.125 e. The molecule has 0 aromatic heterocycles. The van der Waals surface area contributed by atoms with E-state index < -0.39 is 0 Å². The van der Waals surface area contributed by atoms with Gasteiger partial charge in [0.2, 0.25) is 0 Å². The van der Waals surface area contributed by atoms with Gasteiger partial charge in [-0.25, -0.2) is 0 Å². The zero-order valence-electron chi connectivity index (χ0n) is 11.0. The van der Waals surface area contributed by atoms with Crippen LogP contribution in [-0.4, -0.2) is 20.3 Å². The van der Waals surface area contributed by atoms with Crippen LogP contribution in [0.4, 0.5) is 0 Å². The molecule has 1 aromatic rings. The van der Waals surface area contributed by atoms with Gasteiger partial charge in [0.15, 0.2) is 0 Å². The summed E-state index contributed by atoms with van der Waals surface area (Å²) in [5.74, 6) is 1.76. The Labute approximate surface area is 103 Å². The highest BCUT2D eigenvalue weighted by Crippen LogP contribution is 2.52. The van der Waals surface area contributed by atoms with Crippen LogP contribution in [0.3, 0.4) is 0 Å². The van der Waals surface area contributed by atoms with Crippen LogP contribution < -0.4 is 15.2 Å². The molecular weight excluding hydrogens is 214 g/mol. The fourth-order valence-electron chi connectivity index (χ4n) is 2.52. The second kappa shape index (κ2) is 4.22. The van der Waals surface area contributed by atoms with Gasteiger partial charge in [0, 0.05) is 17.0 Å². The smallest absolute Gasteiger partial charge is 0.125 e. The van der Waals surface area contributed by atoms with E-state index in [-0.39, 0.29) is 11.5 Å². The van der Waals surface area contributed by atoms with Crippen molar-refractivity contribution in [2.75, 3.05) is 14.2 Å². The molecule has 0 bridgehead atoms. The van der Waals surface area contributed by atoms with Crippen molar-refractivity contribution in [2.45, 2.75) is 38.1 Å². The summed E-state index contributed by atoms with van der Waals surface area (Å²) in [5.41, 5.74) is 8.52. The molecule has 3 nitrogen and oxygen atoms in total. The Morgan fingerprint density at radius 2 is 1.65 bits per heavy atom. The topological polar surface area (TPSA) is 44.5 Å². The molecule has 0 heterocycles. The van der Waals surface area contributed by atoms with Gasteiger partial charge in [-0.1, -0.05) is 0 Å². The van der Waals surface area contributed by atoms with Crippen molar-refractivity contribution in [1.29, 1.82) is 0 Å². The van der Waals surface area contributed by atoms with E-state index in [4.69, 9.17) is 15.2 Å². The number of hydrogen-bond donors (Lipinski definition) is 1. The van der Waals surface area contributed by atoms with Crippen LogP contribution in [0.15, 0.2) is 12.1 Å². The third-order valence-electron chi connectivity index (χ3n) is 3.99. The lowest BCUT2D eigenvalue weighted by Gasteiger charge is -2.22. The van der Waals surface area contributed by atoms with E-state index in [9.17, 15) is 0 Å². The third kappa shape index (κ3) is 1.89. The van der Waals surface area contributed by atoms with Gasteiger partial charge in [-0.05, 0) is 44.4 Å². The van der Waals surface area contributed by atoms with Gasteiger partial charge < -0.3 is 15.2 Å². The summed E-state index contributed by atoms with van der Waals surface area (Å²) in [6.07, 6.45) is 2.31. The summed E-state index contributed by atoms with van der Waals surface area (Å²) in [5, 5.41) is 0. The SMILES string of the molecule is COc1cc(C2(C(C)N)CC2)cc(OC)c1C. The third-order valence-corrected chi connectivity index (χ3v) is 3.99. The van der Waals surface area contributed by atoms with Crippen LogP contribution in [-0.2, 0) is 5.41 Å². The monoisotopic (exact) mass is 235 g/mol. The summed E-state index contributed by atoms with van der Waals surface area (Å²) >= 11 is 0. The summed E-state index contributed by atoms with van der Waals surface area (Å²) in [7, 11) is 3.38. The van der Waals surface area contributed by atoms with E-state index in [1.54, 1.807) is 14.2 Å². The first-order valence-electron chi connectivity index (χ1n) is 6.04. The van der Waals surface area contributed by atoms with Gasteiger partial charge in [0.25, 0.3) is 0 Å². The maximum absolute atomic E-state index is 6.10. The predicted molar refractivity (Wildman–Crippen MR) is 68.8 cm³/mol. The number of nitrogens with two attached hydrogens (primary N) is 1. The number of rotatable bonds is 4. The molecule has 1 aliphatic rings. The lowest BCUT2D eigenvalue weighted by molar-refractivity contribution is 0.386. The Kier molecular flexibility index (Phi) is 3.04. The molecule has 1 saturated carbocycles. The molecule has 1 aliphatic carbocycles. The molecule has 1 atom stereocenters. The largest absolute Gasteiger partial charge is 0.496 e. The molecule has 0 radical (unpaired) electrons. The Morgan fingerprint density at radius 1 is 1.18 bits per heavy atom. The molecule has 2 N–H and O–H groups in total. The van der Waals surface area contributed by atoms with Crippen LogP contribution in [0.2, 0.25) is 0 Å². The minimum atomic E-state index is 0.133. The Balaban J connectivity index is 2.49. The van der Waals surface area contributed by atoms with Gasteiger partial charge in [-0.15, -0.1) is 0 Å². The van der Waals surface area contributed by atoms with E-state index in [1.807, 2.05) is 6.92 Å². The van der Waals surface area contributed by atoms with E-state index in [0.717, 1.165) is 29.9 Å². The highest BCUT2D eigenvalue weighted by molar-refractivity contribution is 5.51. The van der Waals surface area contributed by atoms with E-state index in [1.165, 1.54) is 5.56 Å². The first-order chi connectivity index (χ1) is 8.05. The highest BCUT2D eigenvalue weighted by atomic mass is 16.5. The van der Waals surface area contributed by atoms with Crippen LogP contribution >= 0.6 is 0 Å². The second-order valence-corrected chi connectivity index (χ2v) is 4.95. The lowest BCUT2D eigenvalue weighted by Crippen LogP contribution is -2.31. The molecular formula is C14H21NO2. The summed E-state index contributed by atoms with van der Waals surface area (Å²) in [4.78, 5) is 0. The fourth-order valence-corrected chi connectivity index (χ4v) is 2.52. The molecule has 1 aromatic carbocycles. The van der Waals surface area contributed by atoms with Crippen LogP contribution in [0.5, 0.6) is 11.5 Å². The summed E-state index contributed by atoms with van der Waals surface area (Å²) < 4.78 is 10.8. The average molecular weight is 235 g/mol. The van der Waals surface area contributed by atoms with Gasteiger partial charge in [-0.3, -0.25) is 0 Å². The van der Waals surface area contributed by atoms with Gasteiger partial charge >= 0.3 is 0 Å². The minimum absolute atomic E-state index is 0.133. The average Bonchev–Trinajstić information content (AvgIpc) is 3.10. The number of methoxy groups -OCH3 is 2. The van der Waals surface area contributed by atoms with E-state index in [0.29, 0.717) is 0 Å². The predicted octanol–water partition coefficient (Wildman–Crippen LogP) is 2.39. The Morgan fingerprint density at radius 3 is 1.94 bits per heavy atom. The minimum Gasteiger partial charge on any atom is -0.496 e. The van der Waals surface area contributed by atoms with Gasteiger partial charge in [0.1, 0.15) is 11.5 Å². The molecule has 3 heteroatoms. The lowest BCUT2D eigenvalue weighted by atomic mass is 9.88. The number of benzene rings is 1. The Bertz CT molecular complexity index is 397. The van der Waals surface area contributed by atoms with Crippen molar-refractivity contribution in [3.05, 3.63) is 23.3 Å².